The summed E-state index contributed by atoms with van der Waals surface area (Å²) in [7, 11) is 0. The average Bonchev–Trinajstić information content (AvgIpc) is 2.90. The molecule has 0 radical (unpaired) electrons. The van der Waals surface area contributed by atoms with E-state index in [-0.39, 0.29) is 12.1 Å². The summed E-state index contributed by atoms with van der Waals surface area (Å²) in [5.41, 5.74) is 7.18. The van der Waals surface area contributed by atoms with E-state index < -0.39 is 16.9 Å². The van der Waals surface area contributed by atoms with E-state index in [2.05, 4.69) is 4.90 Å². The van der Waals surface area contributed by atoms with Crippen LogP contribution in [-0.2, 0) is 4.79 Å². The molecule has 1 aromatic carbocycles. The zero-order valence-electron chi connectivity index (χ0n) is 11.0. The Bertz CT molecular complexity index is 526. The van der Waals surface area contributed by atoms with E-state index in [1.54, 1.807) is 6.07 Å². The van der Waals surface area contributed by atoms with Crippen LogP contribution in [0.5, 0.6) is 0 Å². The fourth-order valence-corrected chi connectivity index (χ4v) is 2.50. The van der Waals surface area contributed by atoms with Crippen molar-refractivity contribution < 1.29 is 14.8 Å². The topological polar surface area (TPSA) is 110 Å². The number of hydrogen-bond donors (Lipinski definition) is 2. The first-order chi connectivity index (χ1) is 9.49. The third kappa shape index (κ3) is 3.05. The van der Waals surface area contributed by atoms with Crippen molar-refractivity contribution in [2.75, 3.05) is 18.0 Å². The van der Waals surface area contributed by atoms with E-state index in [1.165, 1.54) is 12.1 Å². The maximum atomic E-state index is 10.9. The molecular formula is C13H17N3O4. The van der Waals surface area contributed by atoms with Gasteiger partial charge in [-0.2, -0.15) is 0 Å². The number of carbonyl (C=O) groups is 1. The lowest BCUT2D eigenvalue weighted by molar-refractivity contribution is -0.384. The monoisotopic (exact) mass is 279 g/mol. The van der Waals surface area contributed by atoms with Gasteiger partial charge in [0.2, 0.25) is 0 Å². The summed E-state index contributed by atoms with van der Waals surface area (Å²) in [6.07, 6.45) is 1.87. The third-order valence-electron chi connectivity index (χ3n) is 3.46. The van der Waals surface area contributed by atoms with E-state index in [1.807, 2.05) is 0 Å². The van der Waals surface area contributed by atoms with Crippen LogP contribution < -0.4 is 10.6 Å². The van der Waals surface area contributed by atoms with E-state index >= 15 is 0 Å². The van der Waals surface area contributed by atoms with Crippen molar-refractivity contribution in [2.24, 2.45) is 5.73 Å². The van der Waals surface area contributed by atoms with Gasteiger partial charge < -0.3 is 15.7 Å². The van der Waals surface area contributed by atoms with Gasteiger partial charge in [-0.1, -0.05) is 0 Å². The highest BCUT2D eigenvalue weighted by Gasteiger charge is 2.23. The molecule has 1 heterocycles. The number of nitro groups is 1. The Morgan fingerprint density at radius 3 is 2.65 bits per heavy atom. The summed E-state index contributed by atoms with van der Waals surface area (Å²) in [6.45, 7) is 1.73. The zero-order chi connectivity index (χ0) is 14.7. The van der Waals surface area contributed by atoms with Gasteiger partial charge in [0.25, 0.3) is 5.69 Å². The molecule has 1 aliphatic heterocycles. The van der Waals surface area contributed by atoms with E-state index in [0.29, 0.717) is 5.56 Å². The van der Waals surface area contributed by atoms with Crippen molar-refractivity contribution in [2.45, 2.75) is 25.3 Å². The lowest BCUT2D eigenvalue weighted by atomic mass is 10.0. The number of nitrogens with two attached hydrogens (primary N) is 1. The standard InChI is InChI=1S/C13H17N3O4/c14-11(8-13(17)18)10-7-9(16(19)20)3-4-12(10)15-5-1-2-6-15/h3-4,7,11H,1-2,5-6,8,14H2,(H,17,18). The first kappa shape index (κ1) is 14.3. The Kier molecular flexibility index (Phi) is 4.19. The number of rotatable bonds is 5. The third-order valence-corrected chi connectivity index (χ3v) is 3.46. The minimum Gasteiger partial charge on any atom is -0.481 e. The first-order valence-corrected chi connectivity index (χ1v) is 6.49. The van der Waals surface area contributed by atoms with E-state index in [4.69, 9.17) is 10.8 Å². The average molecular weight is 279 g/mol. The highest BCUT2D eigenvalue weighted by atomic mass is 16.6. The molecule has 1 saturated heterocycles. The summed E-state index contributed by atoms with van der Waals surface area (Å²) < 4.78 is 0. The maximum Gasteiger partial charge on any atom is 0.305 e. The second kappa shape index (κ2) is 5.87. The minimum absolute atomic E-state index is 0.0659. The molecule has 0 saturated carbocycles. The fraction of sp³-hybridized carbons (Fsp3) is 0.462. The van der Waals surface area contributed by atoms with Gasteiger partial charge in [0, 0.05) is 37.0 Å². The molecule has 1 fully saturated rings. The molecule has 1 unspecified atom stereocenters. The summed E-state index contributed by atoms with van der Waals surface area (Å²) in [5, 5.41) is 19.7. The fourth-order valence-electron chi connectivity index (χ4n) is 2.50. The summed E-state index contributed by atoms with van der Waals surface area (Å²) >= 11 is 0. The normalized spacial score (nSPS) is 16.1. The number of anilines is 1. The molecule has 2 rings (SSSR count). The summed E-state index contributed by atoms with van der Waals surface area (Å²) in [4.78, 5) is 23.3. The number of carboxylic acids is 1. The second-order valence-corrected chi connectivity index (χ2v) is 4.90. The first-order valence-electron chi connectivity index (χ1n) is 6.49. The van der Waals surface area contributed by atoms with E-state index in [9.17, 15) is 14.9 Å². The molecule has 0 spiro atoms. The Morgan fingerprint density at radius 2 is 2.10 bits per heavy atom. The van der Waals surface area contributed by atoms with Gasteiger partial charge in [-0.25, -0.2) is 0 Å². The van der Waals surface area contributed by atoms with Crippen LogP contribution in [-0.4, -0.2) is 29.1 Å². The number of nitrogens with zero attached hydrogens (tertiary/aromatic N) is 2. The summed E-state index contributed by atoms with van der Waals surface area (Å²) in [5.74, 6) is -1.02. The van der Waals surface area contributed by atoms with Crippen LogP contribution in [0.15, 0.2) is 18.2 Å². The van der Waals surface area contributed by atoms with Crippen molar-refractivity contribution in [3.05, 3.63) is 33.9 Å². The predicted octanol–water partition coefficient (Wildman–Crippen LogP) is 1.67. The number of aliphatic carboxylic acids is 1. The number of benzene rings is 1. The smallest absolute Gasteiger partial charge is 0.305 e. The SMILES string of the molecule is NC(CC(=O)O)c1cc([N+](=O)[O-])ccc1N1CCCC1. The molecule has 20 heavy (non-hydrogen) atoms. The number of non-ortho nitro benzene ring substituents is 1. The van der Waals surface area contributed by atoms with Gasteiger partial charge in [0.05, 0.1) is 11.3 Å². The van der Waals surface area contributed by atoms with Crippen LogP contribution in [0.3, 0.4) is 0 Å². The number of hydrogen-bond acceptors (Lipinski definition) is 5. The lowest BCUT2D eigenvalue weighted by Gasteiger charge is -2.23. The van der Waals surface area contributed by atoms with Crippen LogP contribution >= 0.6 is 0 Å². The van der Waals surface area contributed by atoms with Crippen molar-refractivity contribution in [1.29, 1.82) is 0 Å². The van der Waals surface area contributed by atoms with Crippen molar-refractivity contribution >= 4 is 17.3 Å². The second-order valence-electron chi connectivity index (χ2n) is 4.90. The Morgan fingerprint density at radius 1 is 1.45 bits per heavy atom. The minimum atomic E-state index is -1.02. The highest BCUT2D eigenvalue weighted by molar-refractivity contribution is 5.69. The molecule has 1 aromatic rings. The van der Waals surface area contributed by atoms with Crippen molar-refractivity contribution in [1.82, 2.24) is 0 Å². The predicted molar refractivity (Wildman–Crippen MR) is 73.7 cm³/mol. The van der Waals surface area contributed by atoms with Gasteiger partial charge in [-0.3, -0.25) is 14.9 Å². The van der Waals surface area contributed by atoms with Crippen molar-refractivity contribution in [3.8, 4) is 0 Å². The molecule has 0 aromatic heterocycles. The van der Waals surface area contributed by atoms with Gasteiger partial charge in [-0.15, -0.1) is 0 Å². The van der Waals surface area contributed by atoms with Crippen LogP contribution in [0, 0.1) is 10.1 Å². The van der Waals surface area contributed by atoms with Gasteiger partial charge in [-0.05, 0) is 24.5 Å². The Balaban J connectivity index is 2.39. The molecule has 0 aliphatic carbocycles. The molecule has 0 bridgehead atoms. The molecule has 7 heteroatoms. The summed E-state index contributed by atoms with van der Waals surface area (Å²) in [6, 6.07) is 3.75. The Hall–Kier alpha value is -2.15. The molecule has 1 atom stereocenters. The van der Waals surface area contributed by atoms with Gasteiger partial charge in [0.1, 0.15) is 0 Å². The zero-order valence-corrected chi connectivity index (χ0v) is 11.0. The van der Waals surface area contributed by atoms with Crippen molar-refractivity contribution in [3.63, 3.8) is 0 Å². The van der Waals surface area contributed by atoms with E-state index in [0.717, 1.165) is 31.6 Å². The largest absolute Gasteiger partial charge is 0.481 e. The molecule has 108 valence electrons. The van der Waals surface area contributed by atoms with Crippen LogP contribution in [0.25, 0.3) is 0 Å². The molecule has 0 amide bonds. The molecule has 1 aliphatic rings. The Labute approximate surface area is 116 Å². The molecule has 7 nitrogen and oxygen atoms in total. The molecule has 3 N–H and O–H groups in total. The molecular weight excluding hydrogens is 262 g/mol. The highest BCUT2D eigenvalue weighted by Crippen LogP contribution is 2.32. The van der Waals surface area contributed by atoms with Crippen LogP contribution in [0.1, 0.15) is 30.9 Å². The quantitative estimate of drug-likeness (QED) is 0.626. The number of nitro benzene ring substituents is 1. The van der Waals surface area contributed by atoms with Crippen LogP contribution in [0.4, 0.5) is 11.4 Å². The lowest BCUT2D eigenvalue weighted by Crippen LogP contribution is -2.23. The van der Waals surface area contributed by atoms with Gasteiger partial charge in [0.15, 0.2) is 0 Å². The number of carboxylic acid groups (broad SMARTS) is 1. The van der Waals surface area contributed by atoms with Crippen LogP contribution in [0.2, 0.25) is 0 Å². The maximum absolute atomic E-state index is 10.9. The van der Waals surface area contributed by atoms with Gasteiger partial charge >= 0.3 is 5.97 Å².